The zero-order valence-electron chi connectivity index (χ0n) is 7.54. The molecule has 0 radical (unpaired) electrons. The van der Waals surface area contributed by atoms with Gasteiger partial charge in [0, 0.05) is 0 Å². The predicted molar refractivity (Wildman–Crippen MR) is 60.5 cm³/mol. The number of amidine groups is 1. The number of amides is 1. The van der Waals surface area contributed by atoms with E-state index in [1.54, 1.807) is 6.92 Å². The highest BCUT2D eigenvalue weighted by molar-refractivity contribution is 6.49. The van der Waals surface area contributed by atoms with Crippen LogP contribution in [0.4, 0.5) is 0 Å². The molecular formula is C9H5Cl3N2O. The van der Waals surface area contributed by atoms with Gasteiger partial charge >= 0.3 is 0 Å². The lowest BCUT2D eigenvalue weighted by molar-refractivity contribution is 0.0983. The van der Waals surface area contributed by atoms with Crippen LogP contribution in [-0.4, -0.2) is 11.7 Å². The third-order valence-corrected chi connectivity index (χ3v) is 3.68. The van der Waals surface area contributed by atoms with E-state index in [0.29, 0.717) is 5.56 Å². The summed E-state index contributed by atoms with van der Waals surface area (Å²) >= 11 is 17.9. The second kappa shape index (κ2) is 3.37. The predicted octanol–water partition coefficient (Wildman–Crippen LogP) is 3.02. The second-order valence-electron chi connectivity index (χ2n) is 3.15. The minimum atomic E-state index is -0.415. The van der Waals surface area contributed by atoms with E-state index in [0.717, 1.165) is 0 Å². The molecule has 1 aliphatic heterocycles. The molecule has 3 nitrogen and oxygen atoms in total. The Morgan fingerprint density at radius 1 is 1.07 bits per heavy atom. The summed E-state index contributed by atoms with van der Waals surface area (Å²) in [5.74, 6) is -0.481. The van der Waals surface area contributed by atoms with Crippen molar-refractivity contribution in [3.8, 4) is 0 Å². The highest BCUT2D eigenvalue weighted by Crippen LogP contribution is 2.39. The van der Waals surface area contributed by atoms with Crippen LogP contribution in [-0.2, 0) is 0 Å². The molecule has 0 atom stereocenters. The average molecular weight is 264 g/mol. The number of carbonyl (C=O) groups is 1. The molecule has 1 aromatic carbocycles. The molecule has 15 heavy (non-hydrogen) atoms. The number of rotatable bonds is 0. The Labute approximate surface area is 101 Å². The van der Waals surface area contributed by atoms with Gasteiger partial charge in [0.2, 0.25) is 0 Å². The van der Waals surface area contributed by atoms with E-state index in [9.17, 15) is 4.79 Å². The smallest absolute Gasteiger partial charge is 0.259 e. The van der Waals surface area contributed by atoms with Crippen LogP contribution in [0.15, 0.2) is 0 Å². The Balaban J connectivity index is 2.92. The summed E-state index contributed by atoms with van der Waals surface area (Å²) < 4.78 is 0. The van der Waals surface area contributed by atoms with E-state index in [1.165, 1.54) is 0 Å². The normalized spacial score (nSPS) is 14.1. The van der Waals surface area contributed by atoms with Crippen LogP contribution < -0.4 is 5.32 Å². The van der Waals surface area contributed by atoms with Crippen molar-refractivity contribution in [2.24, 2.45) is 0 Å². The van der Waals surface area contributed by atoms with Gasteiger partial charge in [-0.25, -0.2) is 0 Å². The summed E-state index contributed by atoms with van der Waals surface area (Å²) in [5, 5.41) is 10.6. The molecule has 0 aromatic heterocycles. The van der Waals surface area contributed by atoms with Crippen LogP contribution in [0.3, 0.4) is 0 Å². The van der Waals surface area contributed by atoms with Crippen LogP contribution in [0, 0.1) is 12.3 Å². The van der Waals surface area contributed by atoms with E-state index < -0.39 is 5.91 Å². The van der Waals surface area contributed by atoms with Crippen molar-refractivity contribution in [3.05, 3.63) is 31.8 Å². The molecule has 0 unspecified atom stereocenters. The summed E-state index contributed by atoms with van der Waals surface area (Å²) in [6.45, 7) is 1.67. The molecule has 0 spiro atoms. The highest BCUT2D eigenvalue weighted by Gasteiger charge is 2.32. The van der Waals surface area contributed by atoms with Crippen molar-refractivity contribution in [3.63, 3.8) is 0 Å². The van der Waals surface area contributed by atoms with Crippen LogP contribution in [0.2, 0.25) is 15.1 Å². The van der Waals surface area contributed by atoms with Crippen molar-refractivity contribution in [1.29, 1.82) is 5.41 Å². The number of benzene rings is 1. The van der Waals surface area contributed by atoms with Gasteiger partial charge in [0.05, 0.1) is 26.2 Å². The van der Waals surface area contributed by atoms with Gasteiger partial charge in [-0.05, 0) is 12.5 Å². The quantitative estimate of drug-likeness (QED) is 0.695. The average Bonchev–Trinajstić information content (AvgIpc) is 2.47. The van der Waals surface area contributed by atoms with E-state index in [1.807, 2.05) is 0 Å². The van der Waals surface area contributed by atoms with E-state index >= 15 is 0 Å². The fourth-order valence-electron chi connectivity index (χ4n) is 1.46. The number of carbonyl (C=O) groups excluding carboxylic acids is 1. The zero-order chi connectivity index (χ0) is 11.3. The van der Waals surface area contributed by atoms with Gasteiger partial charge in [0.25, 0.3) is 5.91 Å². The van der Waals surface area contributed by atoms with Crippen molar-refractivity contribution >= 4 is 46.5 Å². The van der Waals surface area contributed by atoms with Crippen molar-refractivity contribution < 1.29 is 4.79 Å². The molecule has 78 valence electrons. The molecule has 1 aliphatic rings. The number of hydrogen-bond donors (Lipinski definition) is 2. The number of fused-ring (bicyclic) bond motifs is 1. The van der Waals surface area contributed by atoms with Crippen molar-refractivity contribution in [1.82, 2.24) is 5.32 Å². The summed E-state index contributed by atoms with van der Waals surface area (Å²) in [5.41, 5.74) is 1.06. The fraction of sp³-hybridized carbons (Fsp3) is 0.111. The van der Waals surface area contributed by atoms with Crippen LogP contribution >= 0.6 is 34.8 Å². The highest BCUT2D eigenvalue weighted by atomic mass is 35.5. The summed E-state index contributed by atoms with van der Waals surface area (Å²) in [7, 11) is 0. The van der Waals surface area contributed by atoms with E-state index in [4.69, 9.17) is 40.2 Å². The maximum atomic E-state index is 11.5. The Morgan fingerprint density at radius 3 is 2.27 bits per heavy atom. The van der Waals surface area contributed by atoms with E-state index in [-0.39, 0.29) is 32.0 Å². The number of hydrogen-bond acceptors (Lipinski definition) is 2. The van der Waals surface area contributed by atoms with Gasteiger partial charge in [0.1, 0.15) is 5.84 Å². The minimum Gasteiger partial charge on any atom is -0.306 e. The Hall–Kier alpha value is -0.770. The molecule has 0 saturated carbocycles. The van der Waals surface area contributed by atoms with Crippen molar-refractivity contribution in [2.75, 3.05) is 0 Å². The molecule has 1 aromatic rings. The molecule has 2 N–H and O–H groups in total. The summed E-state index contributed by atoms with van der Waals surface area (Å²) in [6.07, 6.45) is 0. The maximum Gasteiger partial charge on any atom is 0.259 e. The molecule has 0 aliphatic carbocycles. The lowest BCUT2D eigenvalue weighted by Crippen LogP contribution is -2.20. The Kier molecular flexibility index (Phi) is 2.41. The molecular weight excluding hydrogens is 258 g/mol. The minimum absolute atomic E-state index is 0.0659. The lowest BCUT2D eigenvalue weighted by Gasteiger charge is -2.08. The van der Waals surface area contributed by atoms with Crippen LogP contribution in [0.25, 0.3) is 0 Å². The Bertz CT molecular complexity index is 466. The van der Waals surface area contributed by atoms with Gasteiger partial charge < -0.3 is 5.32 Å². The number of halogens is 3. The van der Waals surface area contributed by atoms with E-state index in [2.05, 4.69) is 5.32 Å². The molecule has 0 bridgehead atoms. The monoisotopic (exact) mass is 262 g/mol. The first-order valence-electron chi connectivity index (χ1n) is 4.02. The van der Waals surface area contributed by atoms with Gasteiger partial charge in [-0.15, -0.1) is 0 Å². The maximum absolute atomic E-state index is 11.5. The fourth-order valence-corrected chi connectivity index (χ4v) is 2.31. The SMILES string of the molecule is Cc1c(Cl)c(Cl)c2c(c1Cl)C(=O)NC2=N. The van der Waals surface area contributed by atoms with Gasteiger partial charge in [0.15, 0.2) is 0 Å². The van der Waals surface area contributed by atoms with Gasteiger partial charge in [-0.3, -0.25) is 10.2 Å². The molecule has 0 saturated heterocycles. The van der Waals surface area contributed by atoms with Crippen LogP contribution in [0.1, 0.15) is 21.5 Å². The Morgan fingerprint density at radius 2 is 1.67 bits per heavy atom. The second-order valence-corrected chi connectivity index (χ2v) is 4.28. The lowest BCUT2D eigenvalue weighted by atomic mass is 10.1. The zero-order valence-corrected chi connectivity index (χ0v) is 9.81. The molecule has 2 rings (SSSR count). The topological polar surface area (TPSA) is 53.0 Å². The first kappa shape index (κ1) is 10.7. The van der Waals surface area contributed by atoms with Crippen molar-refractivity contribution in [2.45, 2.75) is 6.92 Å². The summed E-state index contributed by atoms with van der Waals surface area (Å²) in [4.78, 5) is 11.5. The standard InChI is InChI=1S/C9H5Cl3N2O/c1-2-5(10)4-3(7(12)6(2)11)8(13)14-9(4)15/h1H3,(H2,13,14,15). The molecule has 0 fully saturated rings. The first-order valence-corrected chi connectivity index (χ1v) is 5.15. The largest absolute Gasteiger partial charge is 0.306 e. The summed E-state index contributed by atoms with van der Waals surface area (Å²) in [6, 6.07) is 0. The first-order chi connectivity index (χ1) is 6.95. The van der Waals surface area contributed by atoms with Gasteiger partial charge in [-0.1, -0.05) is 34.8 Å². The van der Waals surface area contributed by atoms with Gasteiger partial charge in [-0.2, -0.15) is 0 Å². The third kappa shape index (κ3) is 1.34. The molecule has 1 amide bonds. The number of nitrogens with one attached hydrogen (secondary N) is 2. The third-order valence-electron chi connectivity index (χ3n) is 2.26. The molecule has 6 heteroatoms. The van der Waals surface area contributed by atoms with Crippen LogP contribution in [0.5, 0.6) is 0 Å². The molecule has 1 heterocycles.